The van der Waals surface area contributed by atoms with Gasteiger partial charge in [-0.3, -0.25) is 9.59 Å². The molecule has 2 aromatic rings. The van der Waals surface area contributed by atoms with E-state index in [1.807, 2.05) is 0 Å². The van der Waals surface area contributed by atoms with Gasteiger partial charge in [-0.1, -0.05) is 38.1 Å². The van der Waals surface area contributed by atoms with Crippen molar-refractivity contribution in [2.24, 2.45) is 11.7 Å². The van der Waals surface area contributed by atoms with Gasteiger partial charge >= 0.3 is 0 Å². The zero-order valence-electron chi connectivity index (χ0n) is 18.4. The highest BCUT2D eigenvalue weighted by atomic mass is 32.2. The van der Waals surface area contributed by atoms with E-state index in [-0.39, 0.29) is 29.6 Å². The van der Waals surface area contributed by atoms with Crippen LogP contribution in [0.5, 0.6) is 0 Å². The van der Waals surface area contributed by atoms with Gasteiger partial charge in [0, 0.05) is 26.1 Å². The number of benzene rings is 2. The van der Waals surface area contributed by atoms with Crippen molar-refractivity contribution in [1.29, 1.82) is 0 Å². The van der Waals surface area contributed by atoms with Crippen LogP contribution in [0.1, 0.15) is 31.4 Å². The summed E-state index contributed by atoms with van der Waals surface area (Å²) in [6, 6.07) is 12.3. The Bertz CT molecular complexity index is 1000. The van der Waals surface area contributed by atoms with E-state index >= 15 is 0 Å². The predicted octanol–water partition coefficient (Wildman–Crippen LogP) is 2.25. The maximum Gasteiger partial charge on any atom is 0.243 e. The van der Waals surface area contributed by atoms with Crippen molar-refractivity contribution in [1.82, 2.24) is 9.62 Å². The molecule has 1 atom stereocenters. The second-order valence-corrected chi connectivity index (χ2v) is 9.41. The first-order valence-electron chi connectivity index (χ1n) is 10.6. The zero-order chi connectivity index (χ0) is 23.7. The molecule has 0 saturated heterocycles. The predicted molar refractivity (Wildman–Crippen MR) is 121 cm³/mol. The largest absolute Gasteiger partial charge is 0.369 e. The molecule has 7 nitrogen and oxygen atoms in total. The van der Waals surface area contributed by atoms with Gasteiger partial charge in [0.05, 0.1) is 10.8 Å². The number of aryl methyl sites for hydroxylation is 1. The molecule has 174 valence electrons. The normalized spacial score (nSPS) is 12.5. The molecule has 0 bridgehead atoms. The molecule has 0 aliphatic carbocycles. The van der Waals surface area contributed by atoms with Crippen LogP contribution in [0.15, 0.2) is 53.4 Å². The van der Waals surface area contributed by atoms with Crippen molar-refractivity contribution < 1.29 is 22.4 Å². The van der Waals surface area contributed by atoms with Gasteiger partial charge in [-0.05, 0) is 48.2 Å². The van der Waals surface area contributed by atoms with E-state index in [0.717, 1.165) is 11.1 Å². The van der Waals surface area contributed by atoms with E-state index in [9.17, 15) is 22.4 Å². The number of nitrogens with two attached hydrogens (primary N) is 1. The number of carbonyl (C=O) groups is 2. The summed E-state index contributed by atoms with van der Waals surface area (Å²) >= 11 is 0. The topological polar surface area (TPSA) is 110 Å². The fourth-order valence-corrected chi connectivity index (χ4v) is 4.76. The lowest BCUT2D eigenvalue weighted by Gasteiger charge is -2.18. The summed E-state index contributed by atoms with van der Waals surface area (Å²) in [4.78, 5) is 24.2. The number of hydrogen-bond donors (Lipinski definition) is 2. The first kappa shape index (κ1) is 25.5. The van der Waals surface area contributed by atoms with Crippen LogP contribution in [0.4, 0.5) is 4.39 Å². The second kappa shape index (κ2) is 11.7. The number of carbonyl (C=O) groups excluding carboxylic acids is 2. The molecule has 9 heteroatoms. The number of halogens is 1. The number of nitrogens with zero attached hydrogens (tertiary/aromatic N) is 1. The van der Waals surface area contributed by atoms with Crippen molar-refractivity contribution in [3.05, 3.63) is 65.5 Å². The molecule has 32 heavy (non-hydrogen) atoms. The van der Waals surface area contributed by atoms with Gasteiger partial charge < -0.3 is 11.1 Å². The van der Waals surface area contributed by atoms with Crippen LogP contribution in [0.3, 0.4) is 0 Å². The molecule has 2 aromatic carbocycles. The van der Waals surface area contributed by atoms with Gasteiger partial charge in [-0.2, -0.15) is 4.31 Å². The van der Waals surface area contributed by atoms with Crippen LogP contribution in [0.25, 0.3) is 0 Å². The van der Waals surface area contributed by atoms with Gasteiger partial charge in [-0.25, -0.2) is 12.8 Å². The van der Waals surface area contributed by atoms with E-state index in [1.54, 1.807) is 50.2 Å². The minimum absolute atomic E-state index is 0.0899. The Morgan fingerprint density at radius 2 is 1.56 bits per heavy atom. The van der Waals surface area contributed by atoms with Crippen molar-refractivity contribution in [3.63, 3.8) is 0 Å². The molecule has 0 aliphatic heterocycles. The monoisotopic (exact) mass is 463 g/mol. The van der Waals surface area contributed by atoms with Gasteiger partial charge in [0.25, 0.3) is 0 Å². The third-order valence-corrected chi connectivity index (χ3v) is 7.31. The molecule has 0 fully saturated rings. The Morgan fingerprint density at radius 1 is 1.00 bits per heavy atom. The summed E-state index contributed by atoms with van der Waals surface area (Å²) in [6.45, 7) is 4.46. The molecule has 0 aromatic heterocycles. The average molecular weight is 464 g/mol. The average Bonchev–Trinajstić information content (AvgIpc) is 2.77. The Morgan fingerprint density at radius 3 is 2.09 bits per heavy atom. The number of amides is 2. The van der Waals surface area contributed by atoms with Gasteiger partial charge in [0.1, 0.15) is 5.82 Å². The quantitative estimate of drug-likeness (QED) is 0.503. The van der Waals surface area contributed by atoms with E-state index in [1.165, 1.54) is 16.4 Å². The van der Waals surface area contributed by atoms with Crippen LogP contribution in [-0.4, -0.2) is 44.2 Å². The summed E-state index contributed by atoms with van der Waals surface area (Å²) in [5.41, 5.74) is 7.02. The number of hydrogen-bond acceptors (Lipinski definition) is 4. The number of primary amides is 1. The number of nitrogens with one attached hydrogen (secondary N) is 1. The highest BCUT2D eigenvalue weighted by Gasteiger charge is 2.21. The van der Waals surface area contributed by atoms with Crippen molar-refractivity contribution >= 4 is 21.8 Å². The van der Waals surface area contributed by atoms with E-state index in [0.29, 0.717) is 25.9 Å². The molecular formula is C23H30FN3O4S. The fourth-order valence-electron chi connectivity index (χ4n) is 3.30. The van der Waals surface area contributed by atoms with Gasteiger partial charge in [0.15, 0.2) is 0 Å². The SMILES string of the molecule is CCN(CC)S(=O)(=O)c1ccc(CCC(=O)NCC(Cc2ccc(F)cc2)C(N)=O)cc1. The fraction of sp³-hybridized carbons (Fsp3) is 0.391. The van der Waals surface area contributed by atoms with Crippen LogP contribution >= 0.6 is 0 Å². The highest BCUT2D eigenvalue weighted by molar-refractivity contribution is 7.89. The summed E-state index contributed by atoms with van der Waals surface area (Å²) in [5.74, 6) is -1.75. The maximum atomic E-state index is 13.0. The summed E-state index contributed by atoms with van der Waals surface area (Å²) in [5, 5.41) is 2.72. The Labute approximate surface area is 188 Å². The van der Waals surface area contributed by atoms with Crippen LogP contribution < -0.4 is 11.1 Å². The van der Waals surface area contributed by atoms with Gasteiger partial charge in [-0.15, -0.1) is 0 Å². The molecule has 0 spiro atoms. The minimum Gasteiger partial charge on any atom is -0.369 e. The first-order chi connectivity index (χ1) is 15.2. The summed E-state index contributed by atoms with van der Waals surface area (Å²) in [7, 11) is -3.51. The first-order valence-corrected chi connectivity index (χ1v) is 12.0. The molecule has 0 heterocycles. The highest BCUT2D eigenvalue weighted by Crippen LogP contribution is 2.17. The van der Waals surface area contributed by atoms with E-state index < -0.39 is 21.8 Å². The van der Waals surface area contributed by atoms with Crippen LogP contribution in [0, 0.1) is 11.7 Å². The maximum absolute atomic E-state index is 13.0. The summed E-state index contributed by atoms with van der Waals surface area (Å²) in [6.07, 6.45) is 0.916. The van der Waals surface area contributed by atoms with E-state index in [4.69, 9.17) is 5.73 Å². The van der Waals surface area contributed by atoms with Gasteiger partial charge in [0.2, 0.25) is 21.8 Å². The summed E-state index contributed by atoms with van der Waals surface area (Å²) < 4.78 is 39.5. The smallest absolute Gasteiger partial charge is 0.243 e. The molecule has 2 amide bonds. The third-order valence-electron chi connectivity index (χ3n) is 5.25. The minimum atomic E-state index is -3.51. The van der Waals surface area contributed by atoms with Crippen molar-refractivity contribution in [2.75, 3.05) is 19.6 Å². The zero-order valence-corrected chi connectivity index (χ0v) is 19.2. The Balaban J connectivity index is 1.87. The van der Waals surface area contributed by atoms with E-state index in [2.05, 4.69) is 5.32 Å². The number of rotatable bonds is 12. The molecule has 0 aliphatic rings. The molecule has 2 rings (SSSR count). The lowest BCUT2D eigenvalue weighted by molar-refractivity contribution is -0.123. The molecular weight excluding hydrogens is 433 g/mol. The lowest BCUT2D eigenvalue weighted by atomic mass is 9.98. The van der Waals surface area contributed by atoms with Crippen molar-refractivity contribution in [3.8, 4) is 0 Å². The Kier molecular flexibility index (Phi) is 9.34. The van der Waals surface area contributed by atoms with Crippen molar-refractivity contribution in [2.45, 2.75) is 38.0 Å². The third kappa shape index (κ3) is 7.13. The molecule has 0 radical (unpaired) electrons. The second-order valence-electron chi connectivity index (χ2n) is 7.47. The standard InChI is InChI=1S/C23H30FN3O4S/c1-3-27(4-2)32(30,31)21-12-7-17(8-13-21)9-14-22(28)26-16-19(23(25)29)15-18-5-10-20(24)11-6-18/h5-8,10-13,19H,3-4,9,14-16H2,1-2H3,(H2,25,29)(H,26,28). The Hall–Kier alpha value is -2.78. The number of sulfonamides is 1. The van der Waals surface area contributed by atoms with Crippen LogP contribution in [-0.2, 0) is 32.5 Å². The van der Waals surface area contributed by atoms with Crippen LogP contribution in [0.2, 0.25) is 0 Å². The molecule has 0 saturated carbocycles. The molecule has 1 unspecified atom stereocenters. The lowest BCUT2D eigenvalue weighted by Crippen LogP contribution is -2.37. The molecule has 3 N–H and O–H groups in total.